The molecule has 2 amide bonds. The van der Waals surface area contributed by atoms with Crippen LogP contribution in [0, 0.1) is 11.7 Å². The molecule has 32 heavy (non-hydrogen) atoms. The van der Waals surface area contributed by atoms with Crippen molar-refractivity contribution >= 4 is 47.4 Å². The van der Waals surface area contributed by atoms with Gasteiger partial charge in [-0.05, 0) is 48.2 Å². The number of nitrogens with two attached hydrogens (primary N) is 1. The second-order valence-electron chi connectivity index (χ2n) is 7.55. The van der Waals surface area contributed by atoms with Crippen LogP contribution >= 0.6 is 24.0 Å². The predicted molar refractivity (Wildman–Crippen MR) is 134 cm³/mol. The van der Waals surface area contributed by atoms with Crippen LogP contribution in [-0.2, 0) is 22.6 Å². The number of nitrogens with one attached hydrogen (secondary N) is 2. The van der Waals surface area contributed by atoms with Crippen LogP contribution in [0.3, 0.4) is 0 Å². The lowest BCUT2D eigenvalue weighted by Gasteiger charge is -2.18. The second-order valence-corrected chi connectivity index (χ2v) is 7.55. The van der Waals surface area contributed by atoms with Crippen molar-refractivity contribution < 1.29 is 14.0 Å². The third-order valence-corrected chi connectivity index (χ3v) is 5.32. The summed E-state index contributed by atoms with van der Waals surface area (Å²) in [4.78, 5) is 29.7. The van der Waals surface area contributed by atoms with Crippen LogP contribution in [0.5, 0.6) is 0 Å². The SMILES string of the molecule is CN=C(NCc1ccc(N2CCCC2=O)cc1)NCC(Cc1ccc(F)cc1)C(N)=O.I. The van der Waals surface area contributed by atoms with E-state index in [0.717, 1.165) is 29.8 Å². The third-order valence-electron chi connectivity index (χ3n) is 5.32. The first kappa shape index (κ1) is 25.6. The summed E-state index contributed by atoms with van der Waals surface area (Å²) in [5.74, 6) is -0.493. The number of nitrogens with zero attached hydrogens (tertiary/aromatic N) is 2. The highest BCUT2D eigenvalue weighted by Gasteiger charge is 2.21. The zero-order valence-corrected chi connectivity index (χ0v) is 20.3. The van der Waals surface area contributed by atoms with Gasteiger partial charge in [0.2, 0.25) is 11.8 Å². The lowest BCUT2D eigenvalue weighted by molar-refractivity contribution is -0.121. The average molecular weight is 553 g/mol. The molecule has 9 heteroatoms. The predicted octanol–water partition coefficient (Wildman–Crippen LogP) is 2.58. The number of hydrogen-bond donors (Lipinski definition) is 3. The summed E-state index contributed by atoms with van der Waals surface area (Å²) < 4.78 is 13.1. The van der Waals surface area contributed by atoms with E-state index < -0.39 is 11.8 Å². The Bertz CT molecular complexity index is 934. The van der Waals surface area contributed by atoms with E-state index in [4.69, 9.17) is 5.73 Å². The zero-order chi connectivity index (χ0) is 22.2. The Morgan fingerprint density at radius 1 is 1.12 bits per heavy atom. The number of anilines is 1. The molecule has 1 aliphatic rings. The number of primary amides is 1. The molecule has 1 aliphatic heterocycles. The van der Waals surface area contributed by atoms with E-state index in [1.807, 2.05) is 29.2 Å². The molecule has 1 fully saturated rings. The molecule has 4 N–H and O–H groups in total. The fourth-order valence-corrected chi connectivity index (χ4v) is 3.52. The topological polar surface area (TPSA) is 99.8 Å². The summed E-state index contributed by atoms with van der Waals surface area (Å²) in [6.07, 6.45) is 1.92. The standard InChI is InChI=1S/C23H28FN5O2.HI/c1-26-23(28-15-18(22(25)31)13-16-4-8-19(24)9-5-16)27-14-17-6-10-20(11-7-17)29-12-2-3-21(29)30;/h4-11,18H,2-3,12-15H2,1H3,(H2,25,31)(H2,26,27,28);1H. The first-order valence-electron chi connectivity index (χ1n) is 10.3. The van der Waals surface area contributed by atoms with Crippen LogP contribution in [0.15, 0.2) is 53.5 Å². The summed E-state index contributed by atoms with van der Waals surface area (Å²) in [7, 11) is 1.65. The number of aliphatic imine (C=N–C) groups is 1. The van der Waals surface area contributed by atoms with Gasteiger partial charge in [0.05, 0.1) is 5.92 Å². The Hall–Kier alpha value is -2.69. The molecule has 0 saturated carbocycles. The highest BCUT2D eigenvalue weighted by atomic mass is 127. The molecule has 0 bridgehead atoms. The van der Waals surface area contributed by atoms with E-state index in [1.54, 1.807) is 19.2 Å². The number of benzene rings is 2. The van der Waals surface area contributed by atoms with Crippen molar-refractivity contribution in [3.8, 4) is 0 Å². The molecular weight excluding hydrogens is 524 g/mol. The summed E-state index contributed by atoms with van der Waals surface area (Å²) in [5, 5.41) is 6.33. The molecule has 7 nitrogen and oxygen atoms in total. The van der Waals surface area contributed by atoms with Gasteiger partial charge in [-0.1, -0.05) is 24.3 Å². The summed E-state index contributed by atoms with van der Waals surface area (Å²) in [6.45, 7) is 1.61. The number of carbonyl (C=O) groups excluding carboxylic acids is 2. The normalized spacial score (nSPS) is 14.6. The Morgan fingerprint density at radius 2 is 1.78 bits per heavy atom. The number of rotatable bonds is 8. The van der Waals surface area contributed by atoms with Gasteiger partial charge >= 0.3 is 0 Å². The molecule has 3 rings (SSSR count). The molecule has 2 aromatic rings. The summed E-state index contributed by atoms with van der Waals surface area (Å²) in [5.41, 5.74) is 8.33. The molecular formula is C23H29FIN5O2. The number of halogens is 2. The molecule has 1 atom stereocenters. The number of hydrogen-bond acceptors (Lipinski definition) is 3. The Balaban J connectivity index is 0.00000363. The number of amides is 2. The van der Waals surface area contributed by atoms with Gasteiger partial charge in [0, 0.05) is 38.8 Å². The number of guanidine groups is 1. The minimum Gasteiger partial charge on any atom is -0.369 e. The van der Waals surface area contributed by atoms with Gasteiger partial charge < -0.3 is 21.3 Å². The van der Waals surface area contributed by atoms with Gasteiger partial charge in [0.25, 0.3) is 0 Å². The molecule has 0 aliphatic carbocycles. The molecule has 2 aromatic carbocycles. The van der Waals surface area contributed by atoms with Crippen LogP contribution in [0.4, 0.5) is 10.1 Å². The molecule has 0 radical (unpaired) electrons. The maximum atomic E-state index is 13.1. The minimum absolute atomic E-state index is 0. The maximum Gasteiger partial charge on any atom is 0.227 e. The van der Waals surface area contributed by atoms with Crippen LogP contribution < -0.4 is 21.3 Å². The fourth-order valence-electron chi connectivity index (χ4n) is 3.52. The van der Waals surface area contributed by atoms with Crippen LogP contribution in [0.2, 0.25) is 0 Å². The quantitative estimate of drug-likeness (QED) is 0.266. The van der Waals surface area contributed by atoms with Crippen molar-refractivity contribution in [2.24, 2.45) is 16.6 Å². The molecule has 1 unspecified atom stereocenters. The molecule has 1 saturated heterocycles. The third kappa shape index (κ3) is 7.18. The van der Waals surface area contributed by atoms with Crippen LogP contribution in [0.1, 0.15) is 24.0 Å². The Morgan fingerprint density at radius 3 is 2.34 bits per heavy atom. The van der Waals surface area contributed by atoms with Crippen molar-refractivity contribution in [2.75, 3.05) is 25.0 Å². The van der Waals surface area contributed by atoms with Gasteiger partial charge in [-0.15, -0.1) is 24.0 Å². The van der Waals surface area contributed by atoms with Crippen LogP contribution in [-0.4, -0.2) is 37.9 Å². The Labute approximate surface area is 204 Å². The van der Waals surface area contributed by atoms with E-state index in [9.17, 15) is 14.0 Å². The average Bonchev–Trinajstić information content (AvgIpc) is 3.20. The largest absolute Gasteiger partial charge is 0.369 e. The van der Waals surface area contributed by atoms with E-state index in [0.29, 0.717) is 31.9 Å². The van der Waals surface area contributed by atoms with Gasteiger partial charge in [0.15, 0.2) is 5.96 Å². The van der Waals surface area contributed by atoms with Crippen molar-refractivity contribution in [1.29, 1.82) is 0 Å². The Kier molecular flexibility index (Phi) is 9.89. The first-order valence-corrected chi connectivity index (χ1v) is 10.3. The van der Waals surface area contributed by atoms with Gasteiger partial charge in [0.1, 0.15) is 5.82 Å². The molecule has 0 spiro atoms. The van der Waals surface area contributed by atoms with Crippen molar-refractivity contribution in [2.45, 2.75) is 25.8 Å². The van der Waals surface area contributed by atoms with E-state index in [2.05, 4.69) is 15.6 Å². The summed E-state index contributed by atoms with van der Waals surface area (Å²) in [6, 6.07) is 13.9. The lowest BCUT2D eigenvalue weighted by Crippen LogP contribution is -2.42. The van der Waals surface area contributed by atoms with Gasteiger partial charge in [-0.2, -0.15) is 0 Å². The number of carbonyl (C=O) groups is 2. The van der Waals surface area contributed by atoms with E-state index in [1.165, 1.54) is 12.1 Å². The van der Waals surface area contributed by atoms with E-state index >= 15 is 0 Å². The molecule has 172 valence electrons. The fraction of sp³-hybridized carbons (Fsp3) is 0.348. The van der Waals surface area contributed by atoms with Gasteiger partial charge in [-0.3, -0.25) is 14.6 Å². The van der Waals surface area contributed by atoms with Crippen molar-refractivity contribution in [3.05, 3.63) is 65.5 Å². The monoisotopic (exact) mass is 553 g/mol. The van der Waals surface area contributed by atoms with Crippen molar-refractivity contribution in [1.82, 2.24) is 10.6 Å². The highest BCUT2D eigenvalue weighted by molar-refractivity contribution is 14.0. The zero-order valence-electron chi connectivity index (χ0n) is 18.0. The molecule has 0 aromatic heterocycles. The highest BCUT2D eigenvalue weighted by Crippen LogP contribution is 2.21. The minimum atomic E-state index is -0.457. The maximum absolute atomic E-state index is 13.1. The summed E-state index contributed by atoms with van der Waals surface area (Å²) >= 11 is 0. The first-order chi connectivity index (χ1) is 15.0. The lowest BCUT2D eigenvalue weighted by atomic mass is 9.98. The van der Waals surface area contributed by atoms with E-state index in [-0.39, 0.29) is 35.7 Å². The smallest absolute Gasteiger partial charge is 0.227 e. The van der Waals surface area contributed by atoms with Crippen molar-refractivity contribution in [3.63, 3.8) is 0 Å². The van der Waals surface area contributed by atoms with Gasteiger partial charge in [-0.25, -0.2) is 4.39 Å². The molecule has 1 heterocycles. The van der Waals surface area contributed by atoms with Crippen LogP contribution in [0.25, 0.3) is 0 Å². The second kappa shape index (κ2) is 12.4.